The number of H-pyrrole nitrogens is 1. The lowest BCUT2D eigenvalue weighted by atomic mass is 10.2. The van der Waals surface area contributed by atoms with Gasteiger partial charge in [0.25, 0.3) is 5.56 Å². The third-order valence-electron chi connectivity index (χ3n) is 5.19. The van der Waals surface area contributed by atoms with Crippen LogP contribution in [0.5, 0.6) is 5.75 Å². The second-order valence-electron chi connectivity index (χ2n) is 7.63. The standard InChI is InChI=1S/C23H34N4O4S/c1-5-7-9-15-26(19-20(24)27(14-8-6-2)23(30)25-21(19)28)22(29)16(3)32-18-12-10-17(31-4)11-13-18/h10-13,16H,5-9,14-15,24H2,1-4H3,(H,25,28,30). The van der Waals surface area contributed by atoms with Crippen LogP contribution in [-0.2, 0) is 11.3 Å². The van der Waals surface area contributed by atoms with Crippen LogP contribution in [0.2, 0.25) is 0 Å². The molecule has 1 aromatic carbocycles. The predicted octanol–water partition coefficient (Wildman–Crippen LogP) is 3.63. The lowest BCUT2D eigenvalue weighted by Crippen LogP contribution is -2.44. The van der Waals surface area contributed by atoms with E-state index in [-0.39, 0.29) is 17.4 Å². The van der Waals surface area contributed by atoms with E-state index in [0.29, 0.717) is 13.1 Å². The van der Waals surface area contributed by atoms with E-state index in [9.17, 15) is 14.4 Å². The largest absolute Gasteiger partial charge is 0.497 e. The van der Waals surface area contributed by atoms with Gasteiger partial charge >= 0.3 is 5.69 Å². The Morgan fingerprint density at radius 2 is 1.81 bits per heavy atom. The van der Waals surface area contributed by atoms with Gasteiger partial charge in [-0.05, 0) is 44.0 Å². The lowest BCUT2D eigenvalue weighted by molar-refractivity contribution is -0.117. The minimum atomic E-state index is -0.633. The Hall–Kier alpha value is -2.68. The molecule has 0 saturated carbocycles. The van der Waals surface area contributed by atoms with Crippen molar-refractivity contribution >= 4 is 29.2 Å². The Balaban J connectivity index is 2.38. The molecule has 1 heterocycles. The molecule has 1 amide bonds. The molecule has 1 atom stereocenters. The van der Waals surface area contributed by atoms with Crippen molar-refractivity contribution in [2.24, 2.45) is 0 Å². The highest BCUT2D eigenvalue weighted by Crippen LogP contribution is 2.28. The number of nitrogens with zero attached hydrogens (tertiary/aromatic N) is 2. The van der Waals surface area contributed by atoms with Crippen LogP contribution in [0.25, 0.3) is 0 Å². The molecule has 0 aliphatic rings. The molecular formula is C23H34N4O4S. The summed E-state index contributed by atoms with van der Waals surface area (Å²) in [4.78, 5) is 43.2. The monoisotopic (exact) mass is 462 g/mol. The number of thioether (sulfide) groups is 1. The van der Waals surface area contributed by atoms with Crippen LogP contribution in [0.4, 0.5) is 11.5 Å². The van der Waals surface area contributed by atoms with Crippen molar-refractivity contribution in [1.29, 1.82) is 0 Å². The van der Waals surface area contributed by atoms with Gasteiger partial charge in [-0.3, -0.25) is 19.1 Å². The second kappa shape index (κ2) is 12.4. The van der Waals surface area contributed by atoms with Crippen molar-refractivity contribution in [2.75, 3.05) is 24.3 Å². The van der Waals surface area contributed by atoms with Gasteiger partial charge in [-0.15, -0.1) is 11.8 Å². The summed E-state index contributed by atoms with van der Waals surface area (Å²) in [5.74, 6) is 0.557. The predicted molar refractivity (Wildman–Crippen MR) is 131 cm³/mol. The van der Waals surface area contributed by atoms with Crippen LogP contribution in [0.1, 0.15) is 52.9 Å². The number of hydrogen-bond donors (Lipinski definition) is 2. The highest BCUT2D eigenvalue weighted by atomic mass is 32.2. The molecule has 9 heteroatoms. The summed E-state index contributed by atoms with van der Waals surface area (Å²) < 4.78 is 6.53. The first-order valence-electron chi connectivity index (χ1n) is 11.1. The van der Waals surface area contributed by atoms with Gasteiger partial charge in [0, 0.05) is 18.0 Å². The zero-order valence-electron chi connectivity index (χ0n) is 19.3. The van der Waals surface area contributed by atoms with E-state index in [1.165, 1.54) is 21.2 Å². The maximum atomic E-state index is 13.5. The zero-order chi connectivity index (χ0) is 23.7. The molecule has 0 saturated heterocycles. The van der Waals surface area contributed by atoms with Crippen LogP contribution in [0, 0.1) is 0 Å². The average molecular weight is 463 g/mol. The number of ether oxygens (including phenoxy) is 1. The minimum absolute atomic E-state index is 0.0405. The van der Waals surface area contributed by atoms with Gasteiger partial charge in [0.15, 0.2) is 5.69 Å². The lowest BCUT2D eigenvalue weighted by Gasteiger charge is -2.27. The Labute approximate surface area is 193 Å². The van der Waals surface area contributed by atoms with Gasteiger partial charge < -0.3 is 15.4 Å². The van der Waals surface area contributed by atoms with E-state index in [1.54, 1.807) is 7.11 Å². The number of carbonyl (C=O) groups excluding carboxylic acids is 1. The SMILES string of the molecule is CCCCCN(C(=O)C(C)Sc1ccc(OC)cc1)c1c(N)n(CCCC)c(=O)[nH]c1=O. The molecule has 2 aromatic rings. The maximum absolute atomic E-state index is 13.5. The van der Waals surface area contributed by atoms with Crippen molar-refractivity contribution in [3.05, 3.63) is 45.1 Å². The van der Waals surface area contributed by atoms with Crippen LogP contribution in [-0.4, -0.2) is 34.4 Å². The number of aromatic amines is 1. The molecule has 0 spiro atoms. The molecule has 0 radical (unpaired) electrons. The minimum Gasteiger partial charge on any atom is -0.497 e. The fraction of sp³-hybridized carbons (Fsp3) is 0.522. The number of benzene rings is 1. The molecule has 0 aliphatic heterocycles. The van der Waals surface area contributed by atoms with Crippen LogP contribution >= 0.6 is 11.8 Å². The average Bonchev–Trinajstić information content (AvgIpc) is 2.77. The van der Waals surface area contributed by atoms with Crippen LogP contribution in [0.3, 0.4) is 0 Å². The normalized spacial score (nSPS) is 11.9. The molecule has 3 N–H and O–H groups in total. The quantitative estimate of drug-likeness (QED) is 0.368. The first-order chi connectivity index (χ1) is 15.3. The molecule has 32 heavy (non-hydrogen) atoms. The van der Waals surface area contributed by atoms with Crippen LogP contribution < -0.4 is 26.6 Å². The highest BCUT2D eigenvalue weighted by molar-refractivity contribution is 8.00. The van der Waals surface area contributed by atoms with Gasteiger partial charge in [-0.1, -0.05) is 33.1 Å². The summed E-state index contributed by atoms with van der Waals surface area (Å²) in [5, 5.41) is -0.458. The third-order valence-corrected chi connectivity index (χ3v) is 6.29. The summed E-state index contributed by atoms with van der Waals surface area (Å²) in [6, 6.07) is 7.46. The van der Waals surface area contributed by atoms with Gasteiger partial charge in [0.1, 0.15) is 11.6 Å². The van der Waals surface area contributed by atoms with Crippen LogP contribution in [0.15, 0.2) is 38.8 Å². The summed E-state index contributed by atoms with van der Waals surface area (Å²) >= 11 is 1.40. The highest BCUT2D eigenvalue weighted by Gasteiger charge is 2.28. The number of rotatable bonds is 12. The number of nitrogens with one attached hydrogen (secondary N) is 1. The topological polar surface area (TPSA) is 110 Å². The molecular weight excluding hydrogens is 428 g/mol. The molecule has 176 valence electrons. The zero-order valence-corrected chi connectivity index (χ0v) is 20.2. The molecule has 2 rings (SSSR count). The van der Waals surface area contributed by atoms with Crippen molar-refractivity contribution in [3.63, 3.8) is 0 Å². The first-order valence-corrected chi connectivity index (χ1v) is 12.0. The van der Waals surface area contributed by atoms with Gasteiger partial charge in [-0.25, -0.2) is 4.79 Å². The van der Waals surface area contributed by atoms with Gasteiger partial charge in [0.05, 0.1) is 12.4 Å². The number of amides is 1. The summed E-state index contributed by atoms with van der Waals surface area (Å²) in [7, 11) is 1.60. The first kappa shape index (κ1) is 25.6. The van der Waals surface area contributed by atoms with E-state index < -0.39 is 16.5 Å². The van der Waals surface area contributed by atoms with Crippen molar-refractivity contribution < 1.29 is 9.53 Å². The number of unbranched alkanes of at least 4 members (excludes halogenated alkanes) is 3. The summed E-state index contributed by atoms with van der Waals surface area (Å²) in [5.41, 5.74) is 5.16. The number of carbonyl (C=O) groups is 1. The van der Waals surface area contributed by atoms with E-state index in [2.05, 4.69) is 11.9 Å². The fourth-order valence-electron chi connectivity index (χ4n) is 3.36. The molecule has 0 aliphatic carbocycles. The summed E-state index contributed by atoms with van der Waals surface area (Å²) in [6.07, 6.45) is 4.23. The van der Waals surface area contributed by atoms with E-state index in [4.69, 9.17) is 10.5 Å². The molecule has 1 aromatic heterocycles. The Morgan fingerprint density at radius 1 is 1.16 bits per heavy atom. The van der Waals surface area contributed by atoms with Gasteiger partial charge in [0.2, 0.25) is 5.91 Å². The van der Waals surface area contributed by atoms with E-state index >= 15 is 0 Å². The second-order valence-corrected chi connectivity index (χ2v) is 9.05. The van der Waals surface area contributed by atoms with Gasteiger partial charge in [-0.2, -0.15) is 0 Å². The van der Waals surface area contributed by atoms with E-state index in [1.807, 2.05) is 38.1 Å². The maximum Gasteiger partial charge on any atom is 0.330 e. The number of nitrogen functional groups attached to an aromatic ring is 1. The number of nitrogens with two attached hydrogens (primary N) is 1. The Morgan fingerprint density at radius 3 is 2.41 bits per heavy atom. The van der Waals surface area contributed by atoms with Crippen molar-refractivity contribution in [1.82, 2.24) is 9.55 Å². The molecule has 0 bridgehead atoms. The Kier molecular flexibility index (Phi) is 9.90. The third kappa shape index (κ3) is 6.41. The number of hydrogen-bond acceptors (Lipinski definition) is 6. The molecule has 0 fully saturated rings. The van der Waals surface area contributed by atoms with Crippen molar-refractivity contribution in [2.45, 2.75) is 69.6 Å². The van der Waals surface area contributed by atoms with E-state index in [0.717, 1.165) is 42.7 Å². The van der Waals surface area contributed by atoms with Crippen molar-refractivity contribution in [3.8, 4) is 5.75 Å². The fourth-order valence-corrected chi connectivity index (χ4v) is 4.29. The summed E-state index contributed by atoms with van der Waals surface area (Å²) in [6.45, 7) is 6.63. The smallest absolute Gasteiger partial charge is 0.330 e. The number of methoxy groups -OCH3 is 1. The molecule has 8 nitrogen and oxygen atoms in total. The Bertz CT molecular complexity index is 1000. The number of anilines is 2. The molecule has 1 unspecified atom stereocenters. The number of aromatic nitrogens is 2.